The molecule has 0 aliphatic carbocycles. The van der Waals surface area contributed by atoms with E-state index < -0.39 is 0 Å². The number of hydrazone groups is 1. The molecular formula is C15H20N6O2. The molecule has 3 N–H and O–H groups in total. The number of aromatic nitrogens is 2. The minimum atomic E-state index is -0.0544. The molecule has 0 unspecified atom stereocenters. The van der Waals surface area contributed by atoms with Gasteiger partial charge in [-0.05, 0) is 12.1 Å². The highest BCUT2D eigenvalue weighted by Crippen LogP contribution is 2.21. The van der Waals surface area contributed by atoms with E-state index in [-0.39, 0.29) is 11.5 Å². The SMILES string of the molecule is CN(C)c1cc(N/N=C\c2ccc(O)cc2O)nc(N(C)C)n1. The fraction of sp³-hybridized carbons (Fsp3) is 0.267. The number of nitrogens with zero attached hydrogens (tertiary/aromatic N) is 5. The minimum absolute atomic E-state index is 0.00495. The van der Waals surface area contributed by atoms with Gasteiger partial charge in [-0.15, -0.1) is 0 Å². The van der Waals surface area contributed by atoms with E-state index in [4.69, 9.17) is 0 Å². The van der Waals surface area contributed by atoms with Crippen molar-refractivity contribution in [3.05, 3.63) is 29.8 Å². The lowest BCUT2D eigenvalue weighted by atomic mass is 10.2. The zero-order valence-corrected chi connectivity index (χ0v) is 13.5. The van der Waals surface area contributed by atoms with E-state index in [0.717, 1.165) is 5.82 Å². The van der Waals surface area contributed by atoms with E-state index in [1.165, 1.54) is 18.3 Å². The zero-order chi connectivity index (χ0) is 17.0. The molecule has 0 spiro atoms. The number of nitrogens with one attached hydrogen (secondary N) is 1. The standard InChI is InChI=1S/C15H20N6O2/c1-20(2)14-8-13(17-15(18-14)21(3)4)19-16-9-10-5-6-11(22)7-12(10)23/h5-9,22-23H,1-4H3,(H,17,18,19)/b16-9-. The van der Waals surface area contributed by atoms with Gasteiger partial charge in [0.25, 0.3) is 0 Å². The summed E-state index contributed by atoms with van der Waals surface area (Å²) in [6.45, 7) is 0. The lowest BCUT2D eigenvalue weighted by Crippen LogP contribution is -2.17. The van der Waals surface area contributed by atoms with Crippen LogP contribution in [0.2, 0.25) is 0 Å². The lowest BCUT2D eigenvalue weighted by molar-refractivity contribution is 0.450. The van der Waals surface area contributed by atoms with Crippen LogP contribution in [0.15, 0.2) is 29.4 Å². The van der Waals surface area contributed by atoms with Crippen LogP contribution in [0.5, 0.6) is 11.5 Å². The van der Waals surface area contributed by atoms with Crippen molar-refractivity contribution in [3.63, 3.8) is 0 Å². The van der Waals surface area contributed by atoms with Gasteiger partial charge in [-0.25, -0.2) is 0 Å². The van der Waals surface area contributed by atoms with Crippen LogP contribution in [0.1, 0.15) is 5.56 Å². The minimum Gasteiger partial charge on any atom is -0.508 e. The highest BCUT2D eigenvalue weighted by molar-refractivity contribution is 5.84. The van der Waals surface area contributed by atoms with Crippen molar-refractivity contribution in [1.82, 2.24) is 9.97 Å². The summed E-state index contributed by atoms with van der Waals surface area (Å²) in [5.41, 5.74) is 3.29. The van der Waals surface area contributed by atoms with Crippen LogP contribution in [0.4, 0.5) is 17.6 Å². The highest BCUT2D eigenvalue weighted by atomic mass is 16.3. The molecule has 1 heterocycles. The van der Waals surface area contributed by atoms with Crippen molar-refractivity contribution in [2.45, 2.75) is 0 Å². The Labute approximate surface area is 134 Å². The van der Waals surface area contributed by atoms with Gasteiger partial charge >= 0.3 is 0 Å². The first-order valence-corrected chi connectivity index (χ1v) is 6.91. The average Bonchev–Trinajstić information content (AvgIpc) is 2.49. The molecule has 8 nitrogen and oxygen atoms in total. The third kappa shape index (κ3) is 4.22. The molecule has 0 fully saturated rings. The second kappa shape index (κ2) is 6.82. The second-order valence-electron chi connectivity index (χ2n) is 5.31. The van der Waals surface area contributed by atoms with E-state index in [1.807, 2.05) is 33.1 Å². The molecule has 2 aromatic rings. The predicted octanol–water partition coefficient (Wildman–Crippen LogP) is 1.47. The Hall–Kier alpha value is -3.03. The Balaban J connectivity index is 2.20. The molecule has 122 valence electrons. The Morgan fingerprint density at radius 3 is 2.39 bits per heavy atom. The first-order chi connectivity index (χ1) is 10.9. The summed E-state index contributed by atoms with van der Waals surface area (Å²) < 4.78 is 0. The summed E-state index contributed by atoms with van der Waals surface area (Å²) in [6, 6.07) is 6.05. The van der Waals surface area contributed by atoms with E-state index in [9.17, 15) is 10.2 Å². The fourth-order valence-corrected chi connectivity index (χ4v) is 1.72. The molecule has 0 aliphatic heterocycles. The molecule has 0 atom stereocenters. The number of hydrogen-bond donors (Lipinski definition) is 3. The van der Waals surface area contributed by atoms with Crippen molar-refractivity contribution in [2.75, 3.05) is 43.4 Å². The Kier molecular flexibility index (Phi) is 4.85. The number of phenolic OH excluding ortho intramolecular Hbond substituents is 2. The topological polar surface area (TPSA) is 97.1 Å². The average molecular weight is 316 g/mol. The maximum Gasteiger partial charge on any atom is 0.228 e. The van der Waals surface area contributed by atoms with Crippen molar-refractivity contribution in [1.29, 1.82) is 0 Å². The van der Waals surface area contributed by atoms with Crippen molar-refractivity contribution >= 4 is 23.8 Å². The quantitative estimate of drug-likeness (QED) is 0.567. The van der Waals surface area contributed by atoms with Crippen molar-refractivity contribution in [2.24, 2.45) is 5.10 Å². The molecule has 2 rings (SSSR count). The molecule has 23 heavy (non-hydrogen) atoms. The predicted molar refractivity (Wildman–Crippen MR) is 91.7 cm³/mol. The van der Waals surface area contributed by atoms with Crippen molar-refractivity contribution < 1.29 is 10.2 Å². The second-order valence-corrected chi connectivity index (χ2v) is 5.31. The molecule has 0 bridgehead atoms. The smallest absolute Gasteiger partial charge is 0.228 e. The Morgan fingerprint density at radius 2 is 1.78 bits per heavy atom. The van der Waals surface area contributed by atoms with E-state index in [1.54, 1.807) is 17.0 Å². The van der Waals surface area contributed by atoms with Gasteiger partial charge in [0.2, 0.25) is 5.95 Å². The van der Waals surface area contributed by atoms with Gasteiger partial charge in [0.05, 0.1) is 6.21 Å². The number of rotatable bonds is 5. The monoisotopic (exact) mass is 316 g/mol. The van der Waals surface area contributed by atoms with Gasteiger partial charge in [0.1, 0.15) is 17.3 Å². The number of anilines is 3. The summed E-state index contributed by atoms with van der Waals surface area (Å²) in [5, 5.41) is 23.0. The van der Waals surface area contributed by atoms with Gasteiger partial charge in [-0.2, -0.15) is 15.1 Å². The molecule has 0 saturated heterocycles. The first-order valence-electron chi connectivity index (χ1n) is 6.91. The van der Waals surface area contributed by atoms with Gasteiger partial charge < -0.3 is 20.0 Å². The first kappa shape index (κ1) is 16.3. The molecule has 0 saturated carbocycles. The summed E-state index contributed by atoms with van der Waals surface area (Å²) in [4.78, 5) is 12.4. The van der Waals surface area contributed by atoms with Gasteiger partial charge in [-0.1, -0.05) is 0 Å². The van der Waals surface area contributed by atoms with Crippen LogP contribution >= 0.6 is 0 Å². The maximum absolute atomic E-state index is 9.70. The van der Waals surface area contributed by atoms with E-state index >= 15 is 0 Å². The van der Waals surface area contributed by atoms with Crippen LogP contribution < -0.4 is 15.2 Å². The molecule has 0 aliphatic rings. The number of benzene rings is 1. The summed E-state index contributed by atoms with van der Waals surface area (Å²) >= 11 is 0. The number of phenols is 2. The molecular weight excluding hydrogens is 296 g/mol. The Morgan fingerprint density at radius 1 is 1.04 bits per heavy atom. The van der Waals surface area contributed by atoms with Crippen LogP contribution in [0.25, 0.3) is 0 Å². The van der Waals surface area contributed by atoms with Crippen molar-refractivity contribution in [3.8, 4) is 11.5 Å². The summed E-state index contributed by atoms with van der Waals surface area (Å²) in [6.07, 6.45) is 1.45. The molecule has 0 radical (unpaired) electrons. The molecule has 0 amide bonds. The van der Waals surface area contributed by atoms with E-state index in [0.29, 0.717) is 17.3 Å². The van der Waals surface area contributed by atoms with Crippen LogP contribution in [0.3, 0.4) is 0 Å². The summed E-state index contributed by atoms with van der Waals surface area (Å²) in [5.74, 6) is 1.77. The molecule has 1 aromatic heterocycles. The summed E-state index contributed by atoms with van der Waals surface area (Å²) in [7, 11) is 7.50. The van der Waals surface area contributed by atoms with E-state index in [2.05, 4.69) is 20.5 Å². The zero-order valence-electron chi connectivity index (χ0n) is 13.5. The third-order valence-corrected chi connectivity index (χ3v) is 2.96. The Bertz CT molecular complexity index is 689. The third-order valence-electron chi connectivity index (χ3n) is 2.96. The largest absolute Gasteiger partial charge is 0.508 e. The van der Waals surface area contributed by atoms with Crippen LogP contribution in [-0.4, -0.2) is 54.6 Å². The number of aromatic hydroxyl groups is 2. The van der Waals surface area contributed by atoms with Gasteiger partial charge in [0.15, 0.2) is 5.82 Å². The number of hydrogen-bond acceptors (Lipinski definition) is 8. The fourth-order valence-electron chi connectivity index (χ4n) is 1.72. The van der Waals surface area contributed by atoms with Gasteiger partial charge in [0, 0.05) is 45.9 Å². The normalized spacial score (nSPS) is 10.8. The van der Waals surface area contributed by atoms with Crippen LogP contribution in [0, 0.1) is 0 Å². The maximum atomic E-state index is 9.70. The van der Waals surface area contributed by atoms with Crippen LogP contribution in [-0.2, 0) is 0 Å². The van der Waals surface area contributed by atoms with Gasteiger partial charge in [-0.3, -0.25) is 5.43 Å². The lowest BCUT2D eigenvalue weighted by Gasteiger charge is -2.16. The molecule has 8 heteroatoms. The highest BCUT2D eigenvalue weighted by Gasteiger charge is 2.07. The molecule has 1 aromatic carbocycles.